The molecule has 3 rings (SSSR count). The Labute approximate surface area is 123 Å². The minimum absolute atomic E-state index is 0.334. The van der Waals surface area contributed by atoms with E-state index in [0.717, 1.165) is 24.0 Å². The standard InChI is InChI=1S/C15H20N4O2/c1-10-6-11(8-17-7-10)13-18-14(19-21-13)15(2,16)9-20-12-4-3-5-12/h6-8,12H,3-5,9,16H2,1-2H3. The van der Waals surface area contributed by atoms with Gasteiger partial charge in [0.1, 0.15) is 5.54 Å². The molecule has 0 amide bonds. The van der Waals surface area contributed by atoms with Crippen LogP contribution in [0.4, 0.5) is 0 Å². The summed E-state index contributed by atoms with van der Waals surface area (Å²) in [6.45, 7) is 4.21. The molecule has 2 N–H and O–H groups in total. The van der Waals surface area contributed by atoms with E-state index in [9.17, 15) is 0 Å². The maximum absolute atomic E-state index is 6.26. The van der Waals surface area contributed by atoms with E-state index in [0.29, 0.717) is 24.4 Å². The van der Waals surface area contributed by atoms with Gasteiger partial charge in [-0.3, -0.25) is 4.98 Å². The summed E-state index contributed by atoms with van der Waals surface area (Å²) in [6.07, 6.45) is 7.27. The highest BCUT2D eigenvalue weighted by Gasteiger charge is 2.30. The minimum Gasteiger partial charge on any atom is -0.376 e. The number of aryl methyl sites for hydroxylation is 1. The lowest BCUT2D eigenvalue weighted by Crippen LogP contribution is -2.41. The van der Waals surface area contributed by atoms with Crippen molar-refractivity contribution >= 4 is 0 Å². The van der Waals surface area contributed by atoms with Crippen molar-refractivity contribution in [3.8, 4) is 11.5 Å². The predicted molar refractivity (Wildman–Crippen MR) is 77.4 cm³/mol. The van der Waals surface area contributed by atoms with E-state index < -0.39 is 5.54 Å². The van der Waals surface area contributed by atoms with Crippen molar-refractivity contribution in [2.45, 2.75) is 44.8 Å². The second kappa shape index (κ2) is 5.54. The fourth-order valence-corrected chi connectivity index (χ4v) is 2.14. The average Bonchev–Trinajstić information content (AvgIpc) is 2.87. The quantitative estimate of drug-likeness (QED) is 0.907. The Bertz CT molecular complexity index is 620. The summed E-state index contributed by atoms with van der Waals surface area (Å²) in [7, 11) is 0. The lowest BCUT2D eigenvalue weighted by molar-refractivity contribution is -0.0222. The number of hydrogen-bond donors (Lipinski definition) is 1. The Hall–Kier alpha value is -1.79. The normalized spacial score (nSPS) is 18.2. The largest absolute Gasteiger partial charge is 0.376 e. The first-order chi connectivity index (χ1) is 10.0. The molecule has 1 aliphatic rings. The van der Waals surface area contributed by atoms with E-state index in [4.69, 9.17) is 15.0 Å². The van der Waals surface area contributed by atoms with Crippen molar-refractivity contribution < 1.29 is 9.26 Å². The van der Waals surface area contributed by atoms with Gasteiger partial charge in [0, 0.05) is 12.4 Å². The van der Waals surface area contributed by atoms with Gasteiger partial charge in [-0.2, -0.15) is 4.98 Å². The molecule has 6 nitrogen and oxygen atoms in total. The van der Waals surface area contributed by atoms with Crippen LogP contribution in [0.3, 0.4) is 0 Å². The fraction of sp³-hybridized carbons (Fsp3) is 0.533. The van der Waals surface area contributed by atoms with E-state index in [2.05, 4.69) is 15.1 Å². The van der Waals surface area contributed by atoms with Gasteiger partial charge in [-0.25, -0.2) is 0 Å². The molecule has 0 radical (unpaired) electrons. The molecule has 1 aliphatic carbocycles. The monoisotopic (exact) mass is 288 g/mol. The van der Waals surface area contributed by atoms with E-state index in [1.807, 2.05) is 19.9 Å². The molecule has 6 heteroatoms. The molecule has 112 valence electrons. The Morgan fingerprint density at radius 1 is 1.43 bits per heavy atom. The molecule has 0 aliphatic heterocycles. The summed E-state index contributed by atoms with van der Waals surface area (Å²) < 4.78 is 11.1. The van der Waals surface area contributed by atoms with Gasteiger partial charge in [0.05, 0.1) is 18.3 Å². The van der Waals surface area contributed by atoms with Crippen LogP contribution in [-0.4, -0.2) is 27.8 Å². The van der Waals surface area contributed by atoms with E-state index in [-0.39, 0.29) is 0 Å². The zero-order valence-corrected chi connectivity index (χ0v) is 12.4. The molecule has 0 bridgehead atoms. The van der Waals surface area contributed by atoms with Crippen LogP contribution in [0.1, 0.15) is 37.6 Å². The number of nitrogens with two attached hydrogens (primary N) is 1. The first-order valence-corrected chi connectivity index (χ1v) is 7.21. The minimum atomic E-state index is -0.755. The summed E-state index contributed by atoms with van der Waals surface area (Å²) in [6, 6.07) is 1.95. The summed E-state index contributed by atoms with van der Waals surface area (Å²) in [5, 5.41) is 4.00. The van der Waals surface area contributed by atoms with Crippen LogP contribution < -0.4 is 5.73 Å². The first-order valence-electron chi connectivity index (χ1n) is 7.21. The molecule has 1 fully saturated rings. The molecule has 1 saturated carbocycles. The average molecular weight is 288 g/mol. The van der Waals surface area contributed by atoms with Gasteiger partial charge in [0.2, 0.25) is 0 Å². The van der Waals surface area contributed by atoms with Gasteiger partial charge < -0.3 is 15.0 Å². The maximum atomic E-state index is 6.26. The van der Waals surface area contributed by atoms with Crippen LogP contribution in [0.2, 0.25) is 0 Å². The van der Waals surface area contributed by atoms with Gasteiger partial charge in [0.25, 0.3) is 5.89 Å². The van der Waals surface area contributed by atoms with Gasteiger partial charge in [-0.15, -0.1) is 0 Å². The van der Waals surface area contributed by atoms with E-state index in [1.54, 1.807) is 12.4 Å². The molecule has 1 atom stereocenters. The molecule has 0 saturated heterocycles. The zero-order valence-electron chi connectivity index (χ0n) is 12.4. The third kappa shape index (κ3) is 3.11. The number of pyridine rings is 1. The third-order valence-corrected chi connectivity index (χ3v) is 3.73. The van der Waals surface area contributed by atoms with Crippen LogP contribution in [0.25, 0.3) is 11.5 Å². The molecular formula is C15H20N4O2. The third-order valence-electron chi connectivity index (χ3n) is 3.73. The van der Waals surface area contributed by atoms with Crippen LogP contribution in [0.5, 0.6) is 0 Å². The first kappa shape index (κ1) is 14.2. The van der Waals surface area contributed by atoms with Gasteiger partial charge in [-0.05, 0) is 44.7 Å². The highest BCUT2D eigenvalue weighted by molar-refractivity contribution is 5.52. The smallest absolute Gasteiger partial charge is 0.259 e. The number of ether oxygens (including phenoxy) is 1. The lowest BCUT2D eigenvalue weighted by atomic mass is 9.95. The highest BCUT2D eigenvalue weighted by Crippen LogP contribution is 2.26. The fourth-order valence-electron chi connectivity index (χ4n) is 2.14. The number of aromatic nitrogens is 3. The maximum Gasteiger partial charge on any atom is 0.259 e. The predicted octanol–water partition coefficient (Wildman–Crippen LogP) is 2.18. The Balaban J connectivity index is 1.73. The van der Waals surface area contributed by atoms with Gasteiger partial charge in [0.15, 0.2) is 5.82 Å². The molecule has 1 unspecified atom stereocenters. The molecule has 0 spiro atoms. The highest BCUT2D eigenvalue weighted by atomic mass is 16.5. The molecule has 21 heavy (non-hydrogen) atoms. The number of rotatable bonds is 5. The van der Waals surface area contributed by atoms with Crippen molar-refractivity contribution in [3.63, 3.8) is 0 Å². The van der Waals surface area contributed by atoms with E-state index in [1.165, 1.54) is 6.42 Å². The van der Waals surface area contributed by atoms with Crippen molar-refractivity contribution in [1.82, 2.24) is 15.1 Å². The second-order valence-electron chi connectivity index (χ2n) is 5.96. The van der Waals surface area contributed by atoms with Crippen molar-refractivity contribution in [1.29, 1.82) is 0 Å². The van der Waals surface area contributed by atoms with Gasteiger partial charge >= 0.3 is 0 Å². The van der Waals surface area contributed by atoms with Crippen molar-refractivity contribution in [2.75, 3.05) is 6.61 Å². The Morgan fingerprint density at radius 2 is 2.24 bits per heavy atom. The molecule has 2 aromatic rings. The van der Waals surface area contributed by atoms with Crippen molar-refractivity contribution in [3.05, 3.63) is 29.8 Å². The van der Waals surface area contributed by atoms with E-state index >= 15 is 0 Å². The zero-order chi connectivity index (χ0) is 14.9. The molecule has 2 heterocycles. The summed E-state index contributed by atoms with van der Waals surface area (Å²) >= 11 is 0. The summed E-state index contributed by atoms with van der Waals surface area (Å²) in [5.41, 5.74) is 7.34. The van der Waals surface area contributed by atoms with Crippen LogP contribution >= 0.6 is 0 Å². The topological polar surface area (TPSA) is 87.1 Å². The number of nitrogens with zero attached hydrogens (tertiary/aromatic N) is 3. The lowest BCUT2D eigenvalue weighted by Gasteiger charge is -2.29. The molecule has 2 aromatic heterocycles. The second-order valence-corrected chi connectivity index (χ2v) is 5.96. The van der Waals surface area contributed by atoms with Crippen LogP contribution in [0, 0.1) is 6.92 Å². The van der Waals surface area contributed by atoms with Crippen molar-refractivity contribution in [2.24, 2.45) is 5.73 Å². The summed E-state index contributed by atoms with van der Waals surface area (Å²) in [5.74, 6) is 0.889. The van der Waals surface area contributed by atoms with Crippen LogP contribution in [0.15, 0.2) is 23.0 Å². The summed E-state index contributed by atoms with van der Waals surface area (Å²) in [4.78, 5) is 8.52. The molecular weight excluding hydrogens is 268 g/mol. The Morgan fingerprint density at radius 3 is 2.90 bits per heavy atom. The Kier molecular flexibility index (Phi) is 3.73. The van der Waals surface area contributed by atoms with Crippen LogP contribution in [-0.2, 0) is 10.3 Å². The SMILES string of the molecule is Cc1cncc(-c2nc(C(C)(N)COC3CCC3)no2)c1. The number of hydrogen-bond acceptors (Lipinski definition) is 6. The molecule has 0 aromatic carbocycles. The van der Waals surface area contributed by atoms with Gasteiger partial charge in [-0.1, -0.05) is 5.16 Å².